The molecule has 0 amide bonds. The quantitative estimate of drug-likeness (QED) is 0.753. The number of hydrogen-bond donors (Lipinski definition) is 2. The fraction of sp³-hybridized carbons (Fsp3) is 0.0667. The molecule has 94 valence electrons. The maximum atomic E-state index is 10.6. The zero-order valence-electron chi connectivity index (χ0n) is 10.1. The van der Waals surface area contributed by atoms with Gasteiger partial charge in [0.1, 0.15) is 5.82 Å². The third kappa shape index (κ3) is 2.33. The molecular formula is C15H12N2O2. The lowest BCUT2D eigenvalue weighted by molar-refractivity contribution is -0.136. The first-order valence-electron chi connectivity index (χ1n) is 5.97. The molecule has 0 atom stereocenters. The third-order valence-electron chi connectivity index (χ3n) is 2.99. The number of rotatable bonds is 3. The molecule has 0 saturated carbocycles. The van der Waals surface area contributed by atoms with Gasteiger partial charge in [-0.05, 0) is 16.8 Å². The molecule has 0 spiro atoms. The second-order valence-corrected chi connectivity index (χ2v) is 4.39. The number of aromatic amines is 1. The summed E-state index contributed by atoms with van der Waals surface area (Å²) >= 11 is 0. The fourth-order valence-corrected chi connectivity index (χ4v) is 2.10. The molecule has 1 aromatic heterocycles. The van der Waals surface area contributed by atoms with Crippen LogP contribution in [-0.2, 0) is 11.2 Å². The normalized spacial score (nSPS) is 10.7. The van der Waals surface area contributed by atoms with Crippen molar-refractivity contribution in [2.75, 3.05) is 0 Å². The largest absolute Gasteiger partial charge is 0.481 e. The van der Waals surface area contributed by atoms with Gasteiger partial charge in [-0.3, -0.25) is 4.79 Å². The molecule has 0 radical (unpaired) electrons. The molecule has 0 aliphatic rings. The minimum atomic E-state index is -0.867. The number of nitrogens with zero attached hydrogens (tertiary/aromatic N) is 1. The van der Waals surface area contributed by atoms with Gasteiger partial charge in [-0.25, -0.2) is 4.98 Å². The molecule has 4 nitrogen and oxygen atoms in total. The van der Waals surface area contributed by atoms with Crippen molar-refractivity contribution >= 4 is 16.7 Å². The number of aromatic nitrogens is 2. The van der Waals surface area contributed by atoms with E-state index in [9.17, 15) is 4.79 Å². The summed E-state index contributed by atoms with van der Waals surface area (Å²) in [6.07, 6.45) is 1.53. The summed E-state index contributed by atoms with van der Waals surface area (Å²) in [5.74, 6) is -0.171. The smallest absolute Gasteiger partial charge is 0.309 e. The summed E-state index contributed by atoms with van der Waals surface area (Å²) in [5.41, 5.74) is 1.56. The Morgan fingerprint density at radius 3 is 2.74 bits per heavy atom. The predicted molar refractivity (Wildman–Crippen MR) is 72.9 cm³/mol. The number of H-pyrrole nitrogens is 1. The van der Waals surface area contributed by atoms with Gasteiger partial charge >= 0.3 is 5.97 Å². The van der Waals surface area contributed by atoms with Gasteiger partial charge < -0.3 is 10.1 Å². The Labute approximate surface area is 109 Å². The Balaban J connectivity index is 1.99. The van der Waals surface area contributed by atoms with E-state index in [1.54, 1.807) is 6.20 Å². The molecule has 0 aliphatic carbocycles. The van der Waals surface area contributed by atoms with Crippen molar-refractivity contribution in [2.24, 2.45) is 0 Å². The van der Waals surface area contributed by atoms with Crippen molar-refractivity contribution in [3.05, 3.63) is 54.4 Å². The first kappa shape index (κ1) is 11.5. The van der Waals surface area contributed by atoms with Crippen LogP contribution in [0.1, 0.15) is 5.69 Å². The average Bonchev–Trinajstić information content (AvgIpc) is 2.86. The molecule has 3 rings (SSSR count). The third-order valence-corrected chi connectivity index (χ3v) is 2.99. The van der Waals surface area contributed by atoms with E-state index in [-0.39, 0.29) is 6.42 Å². The number of fused-ring (bicyclic) bond motifs is 1. The van der Waals surface area contributed by atoms with E-state index in [4.69, 9.17) is 5.11 Å². The van der Waals surface area contributed by atoms with E-state index in [0.717, 1.165) is 10.9 Å². The van der Waals surface area contributed by atoms with Gasteiger partial charge in [-0.15, -0.1) is 0 Å². The fourth-order valence-electron chi connectivity index (χ4n) is 2.10. The van der Waals surface area contributed by atoms with Gasteiger partial charge in [0.2, 0.25) is 0 Å². The van der Waals surface area contributed by atoms with Crippen molar-refractivity contribution in [2.45, 2.75) is 6.42 Å². The molecule has 0 unspecified atom stereocenters. The molecule has 2 aromatic carbocycles. The van der Waals surface area contributed by atoms with Gasteiger partial charge in [0.05, 0.1) is 6.42 Å². The minimum absolute atomic E-state index is 0.0411. The molecular weight excluding hydrogens is 240 g/mol. The van der Waals surface area contributed by atoms with E-state index in [2.05, 4.69) is 16.0 Å². The first-order chi connectivity index (χ1) is 9.22. The lowest BCUT2D eigenvalue weighted by atomic mass is 10.1. The second kappa shape index (κ2) is 4.57. The maximum absolute atomic E-state index is 10.6. The van der Waals surface area contributed by atoms with Gasteiger partial charge in [-0.1, -0.05) is 36.4 Å². The van der Waals surface area contributed by atoms with Crippen LogP contribution in [0, 0.1) is 0 Å². The minimum Gasteiger partial charge on any atom is -0.481 e. The summed E-state index contributed by atoms with van der Waals surface area (Å²) in [4.78, 5) is 17.9. The zero-order chi connectivity index (χ0) is 13.2. The number of carbonyl (C=O) groups is 1. The summed E-state index contributed by atoms with van der Waals surface area (Å²) in [6, 6.07) is 14.1. The zero-order valence-corrected chi connectivity index (χ0v) is 10.1. The van der Waals surface area contributed by atoms with Crippen molar-refractivity contribution in [3.8, 4) is 11.4 Å². The van der Waals surface area contributed by atoms with Crippen molar-refractivity contribution < 1.29 is 9.90 Å². The Hall–Kier alpha value is -2.62. The number of hydrogen-bond acceptors (Lipinski definition) is 2. The van der Waals surface area contributed by atoms with Crippen LogP contribution in [0.25, 0.3) is 22.2 Å². The van der Waals surface area contributed by atoms with Crippen LogP contribution >= 0.6 is 0 Å². The Morgan fingerprint density at radius 1 is 1.16 bits per heavy atom. The van der Waals surface area contributed by atoms with E-state index in [0.29, 0.717) is 11.5 Å². The maximum Gasteiger partial charge on any atom is 0.309 e. The molecule has 3 aromatic rings. The van der Waals surface area contributed by atoms with Crippen LogP contribution in [0.4, 0.5) is 0 Å². The highest BCUT2D eigenvalue weighted by Gasteiger charge is 2.07. The van der Waals surface area contributed by atoms with Gasteiger partial charge in [0, 0.05) is 17.5 Å². The highest BCUT2D eigenvalue weighted by atomic mass is 16.4. The highest BCUT2D eigenvalue weighted by Crippen LogP contribution is 2.22. The lowest BCUT2D eigenvalue weighted by Gasteiger charge is -2.01. The van der Waals surface area contributed by atoms with Crippen molar-refractivity contribution in [1.82, 2.24) is 9.97 Å². The Bertz CT molecular complexity index is 746. The van der Waals surface area contributed by atoms with Gasteiger partial charge in [-0.2, -0.15) is 0 Å². The molecule has 0 saturated heterocycles. The predicted octanol–water partition coefficient (Wildman–Crippen LogP) is 2.86. The number of carboxylic acids is 1. The van der Waals surface area contributed by atoms with Crippen LogP contribution in [0.15, 0.2) is 48.7 Å². The van der Waals surface area contributed by atoms with Gasteiger partial charge in [0.15, 0.2) is 0 Å². The Kier molecular flexibility index (Phi) is 2.76. The molecule has 0 aliphatic heterocycles. The van der Waals surface area contributed by atoms with Crippen molar-refractivity contribution in [1.29, 1.82) is 0 Å². The molecule has 4 heteroatoms. The Morgan fingerprint density at radius 2 is 1.95 bits per heavy atom. The summed E-state index contributed by atoms with van der Waals surface area (Å²) in [6.45, 7) is 0. The van der Waals surface area contributed by atoms with E-state index >= 15 is 0 Å². The number of imidazole rings is 1. The molecule has 2 N–H and O–H groups in total. The van der Waals surface area contributed by atoms with Crippen LogP contribution in [0.5, 0.6) is 0 Å². The number of carboxylic acid groups (broad SMARTS) is 1. The first-order valence-corrected chi connectivity index (χ1v) is 5.97. The second-order valence-electron chi connectivity index (χ2n) is 4.39. The summed E-state index contributed by atoms with van der Waals surface area (Å²) < 4.78 is 0. The van der Waals surface area contributed by atoms with Crippen LogP contribution < -0.4 is 0 Å². The lowest BCUT2D eigenvalue weighted by Crippen LogP contribution is -1.99. The molecule has 19 heavy (non-hydrogen) atoms. The van der Waals surface area contributed by atoms with Crippen LogP contribution in [-0.4, -0.2) is 21.0 Å². The summed E-state index contributed by atoms with van der Waals surface area (Å²) in [7, 11) is 0. The monoisotopic (exact) mass is 252 g/mol. The molecule has 0 bridgehead atoms. The number of aliphatic carboxylic acids is 1. The number of nitrogens with one attached hydrogen (secondary N) is 1. The van der Waals surface area contributed by atoms with E-state index in [1.807, 2.05) is 36.4 Å². The molecule has 1 heterocycles. The van der Waals surface area contributed by atoms with E-state index in [1.165, 1.54) is 5.39 Å². The summed E-state index contributed by atoms with van der Waals surface area (Å²) in [5, 5.41) is 11.0. The SMILES string of the molecule is O=C(O)Cc1cnc(-c2ccc3ccccc3c2)[nH]1. The van der Waals surface area contributed by atoms with E-state index < -0.39 is 5.97 Å². The average molecular weight is 252 g/mol. The topological polar surface area (TPSA) is 66.0 Å². The highest BCUT2D eigenvalue weighted by molar-refractivity contribution is 5.86. The van der Waals surface area contributed by atoms with Crippen molar-refractivity contribution in [3.63, 3.8) is 0 Å². The van der Waals surface area contributed by atoms with Crippen LogP contribution in [0.3, 0.4) is 0 Å². The molecule has 0 fully saturated rings. The van der Waals surface area contributed by atoms with Crippen LogP contribution in [0.2, 0.25) is 0 Å². The number of benzene rings is 2. The standard InChI is InChI=1S/C15H12N2O2/c18-14(19)8-13-9-16-15(17-13)12-6-5-10-3-1-2-4-11(10)7-12/h1-7,9H,8H2,(H,16,17)(H,18,19). The van der Waals surface area contributed by atoms with Gasteiger partial charge in [0.25, 0.3) is 0 Å².